The number of aryl methyl sites for hydroxylation is 1. The predicted molar refractivity (Wildman–Crippen MR) is 98.3 cm³/mol. The average Bonchev–Trinajstić information content (AvgIpc) is 2.72. The van der Waals surface area contributed by atoms with Crippen LogP contribution in [-0.4, -0.2) is 55.3 Å². The van der Waals surface area contributed by atoms with Crippen molar-refractivity contribution < 1.29 is 14.3 Å². The largest absolute Gasteiger partial charge is 0.497 e. The summed E-state index contributed by atoms with van der Waals surface area (Å²) in [5, 5.41) is 2.96. The zero-order chi connectivity index (χ0) is 18.2. The molecule has 1 saturated heterocycles. The van der Waals surface area contributed by atoms with Gasteiger partial charge in [-0.1, -0.05) is 12.1 Å². The minimum Gasteiger partial charge on any atom is -0.497 e. The number of hydrogen-bond donors (Lipinski definition) is 1. The molecule has 1 atom stereocenters. The van der Waals surface area contributed by atoms with Gasteiger partial charge in [0, 0.05) is 25.5 Å². The van der Waals surface area contributed by atoms with Crippen LogP contribution in [0.1, 0.15) is 12.0 Å². The van der Waals surface area contributed by atoms with Gasteiger partial charge in [-0.3, -0.25) is 4.79 Å². The Bertz CT molecular complexity index is 711. The number of carbonyl (C=O) groups excluding carboxylic acids is 1. The number of ether oxygens (including phenoxy) is 2. The molecule has 7 heteroatoms. The van der Waals surface area contributed by atoms with E-state index in [-0.39, 0.29) is 5.91 Å². The second-order valence-electron chi connectivity index (χ2n) is 6.10. The number of hydrogen-bond acceptors (Lipinski definition) is 6. The fraction of sp³-hybridized carbons (Fsp3) is 0.421. The first-order chi connectivity index (χ1) is 12.8. The summed E-state index contributed by atoms with van der Waals surface area (Å²) >= 11 is 0. The molecule has 138 valence electrons. The first-order valence-electron chi connectivity index (χ1n) is 8.80. The molecule has 0 bridgehead atoms. The van der Waals surface area contributed by atoms with E-state index in [1.165, 1.54) is 5.56 Å². The van der Waals surface area contributed by atoms with Gasteiger partial charge in [-0.25, -0.2) is 9.97 Å². The number of benzene rings is 1. The number of morpholine rings is 1. The van der Waals surface area contributed by atoms with Gasteiger partial charge in [0.15, 0.2) is 6.10 Å². The van der Waals surface area contributed by atoms with Gasteiger partial charge in [-0.2, -0.15) is 0 Å². The van der Waals surface area contributed by atoms with Crippen molar-refractivity contribution >= 4 is 11.9 Å². The molecule has 1 amide bonds. The number of aromatic nitrogens is 2. The molecule has 2 aromatic rings. The molecule has 0 saturated carbocycles. The quantitative estimate of drug-likeness (QED) is 0.757. The van der Waals surface area contributed by atoms with E-state index in [2.05, 4.69) is 21.4 Å². The molecule has 7 nitrogen and oxygen atoms in total. The van der Waals surface area contributed by atoms with E-state index in [0.717, 1.165) is 18.6 Å². The van der Waals surface area contributed by atoms with Crippen molar-refractivity contribution in [2.45, 2.75) is 18.9 Å². The number of carbonyl (C=O) groups is 1. The van der Waals surface area contributed by atoms with Crippen LogP contribution in [0.2, 0.25) is 0 Å². The minimum absolute atomic E-state index is 0.0868. The monoisotopic (exact) mass is 356 g/mol. The lowest BCUT2D eigenvalue weighted by Gasteiger charge is -2.32. The highest BCUT2D eigenvalue weighted by molar-refractivity contribution is 5.81. The van der Waals surface area contributed by atoms with E-state index in [0.29, 0.717) is 32.2 Å². The molecule has 0 spiro atoms. The van der Waals surface area contributed by atoms with Crippen LogP contribution in [0.25, 0.3) is 0 Å². The Morgan fingerprint density at radius 1 is 1.35 bits per heavy atom. The molecule has 1 N–H and O–H groups in total. The first kappa shape index (κ1) is 18.1. The van der Waals surface area contributed by atoms with Gasteiger partial charge in [-0.15, -0.1) is 0 Å². The maximum atomic E-state index is 12.4. The molecule has 0 aliphatic carbocycles. The number of nitrogens with zero attached hydrogens (tertiary/aromatic N) is 3. The van der Waals surface area contributed by atoms with E-state index in [1.54, 1.807) is 25.6 Å². The Morgan fingerprint density at radius 3 is 3.00 bits per heavy atom. The van der Waals surface area contributed by atoms with Gasteiger partial charge in [0.2, 0.25) is 5.95 Å². The lowest BCUT2D eigenvalue weighted by Crippen LogP contribution is -2.50. The fourth-order valence-corrected chi connectivity index (χ4v) is 2.89. The summed E-state index contributed by atoms with van der Waals surface area (Å²) in [6.45, 7) is 2.24. The maximum absolute atomic E-state index is 12.4. The number of methoxy groups -OCH3 is 1. The number of rotatable bonds is 7. The Balaban J connectivity index is 1.43. The van der Waals surface area contributed by atoms with Gasteiger partial charge < -0.3 is 19.7 Å². The van der Waals surface area contributed by atoms with Crippen molar-refractivity contribution in [2.75, 3.05) is 38.3 Å². The van der Waals surface area contributed by atoms with Crippen LogP contribution in [0.15, 0.2) is 42.7 Å². The van der Waals surface area contributed by atoms with Gasteiger partial charge in [0.1, 0.15) is 5.75 Å². The third-order valence-corrected chi connectivity index (χ3v) is 4.27. The van der Waals surface area contributed by atoms with Crippen LogP contribution in [-0.2, 0) is 16.0 Å². The smallest absolute Gasteiger partial charge is 0.250 e. The molecule has 0 radical (unpaired) electrons. The summed E-state index contributed by atoms with van der Waals surface area (Å²) < 4.78 is 10.8. The van der Waals surface area contributed by atoms with Crippen molar-refractivity contribution in [3.05, 3.63) is 48.3 Å². The van der Waals surface area contributed by atoms with Crippen LogP contribution in [0.5, 0.6) is 5.75 Å². The van der Waals surface area contributed by atoms with E-state index in [9.17, 15) is 4.79 Å². The summed E-state index contributed by atoms with van der Waals surface area (Å²) in [6, 6.07) is 9.75. The number of anilines is 1. The predicted octanol–water partition coefficient (Wildman–Crippen LogP) is 1.44. The van der Waals surface area contributed by atoms with Crippen LogP contribution in [0.4, 0.5) is 5.95 Å². The lowest BCUT2D eigenvalue weighted by molar-refractivity contribution is -0.133. The normalized spacial score (nSPS) is 17.0. The zero-order valence-electron chi connectivity index (χ0n) is 14.9. The molecular weight excluding hydrogens is 332 g/mol. The molecule has 1 aliphatic rings. The Morgan fingerprint density at radius 2 is 2.19 bits per heavy atom. The standard InChI is InChI=1S/C19H24N4O3/c1-25-16-7-2-5-15(13-16)6-3-8-20-18(24)17-14-23(11-12-26-17)19-21-9-4-10-22-19/h2,4-5,7,9-10,13,17H,3,6,8,11-12,14H2,1H3,(H,20,24)/t17-/m0/s1. The van der Waals surface area contributed by atoms with Crippen LogP contribution in [0, 0.1) is 0 Å². The molecule has 1 aromatic carbocycles. The molecular formula is C19H24N4O3. The molecule has 26 heavy (non-hydrogen) atoms. The number of amides is 1. The highest BCUT2D eigenvalue weighted by atomic mass is 16.5. The van der Waals surface area contributed by atoms with Gasteiger partial charge in [0.05, 0.1) is 20.3 Å². The summed E-state index contributed by atoms with van der Waals surface area (Å²) in [5.41, 5.74) is 1.19. The Kier molecular flexibility index (Phi) is 6.38. The molecule has 0 unspecified atom stereocenters. The van der Waals surface area contributed by atoms with E-state index in [4.69, 9.17) is 9.47 Å². The highest BCUT2D eigenvalue weighted by Gasteiger charge is 2.27. The Hall–Kier alpha value is -2.67. The Labute approximate surface area is 153 Å². The second-order valence-corrected chi connectivity index (χ2v) is 6.10. The van der Waals surface area contributed by atoms with Gasteiger partial charge >= 0.3 is 0 Å². The fourth-order valence-electron chi connectivity index (χ4n) is 2.89. The average molecular weight is 356 g/mol. The zero-order valence-corrected chi connectivity index (χ0v) is 14.9. The van der Waals surface area contributed by atoms with Crippen molar-refractivity contribution in [1.82, 2.24) is 15.3 Å². The topological polar surface area (TPSA) is 76.6 Å². The van der Waals surface area contributed by atoms with Crippen molar-refractivity contribution in [3.63, 3.8) is 0 Å². The maximum Gasteiger partial charge on any atom is 0.250 e. The molecule has 3 rings (SSSR count). The molecule has 1 aromatic heterocycles. The summed E-state index contributed by atoms with van der Waals surface area (Å²) in [6.07, 6.45) is 4.64. The highest BCUT2D eigenvalue weighted by Crippen LogP contribution is 2.14. The van der Waals surface area contributed by atoms with Gasteiger partial charge in [-0.05, 0) is 36.6 Å². The SMILES string of the molecule is COc1cccc(CCCNC(=O)[C@@H]2CN(c3ncccn3)CCO2)c1. The van der Waals surface area contributed by atoms with E-state index >= 15 is 0 Å². The van der Waals surface area contributed by atoms with E-state index < -0.39 is 6.10 Å². The summed E-state index contributed by atoms with van der Waals surface area (Å²) in [5.74, 6) is 1.40. The van der Waals surface area contributed by atoms with Crippen molar-refractivity contribution in [2.24, 2.45) is 0 Å². The molecule has 1 aliphatic heterocycles. The third kappa shape index (κ3) is 4.92. The summed E-state index contributed by atoms with van der Waals surface area (Å²) in [7, 11) is 1.66. The van der Waals surface area contributed by atoms with E-state index in [1.807, 2.05) is 23.1 Å². The summed E-state index contributed by atoms with van der Waals surface area (Å²) in [4.78, 5) is 22.8. The van der Waals surface area contributed by atoms with Crippen molar-refractivity contribution in [1.29, 1.82) is 0 Å². The third-order valence-electron chi connectivity index (χ3n) is 4.27. The van der Waals surface area contributed by atoms with Gasteiger partial charge in [0.25, 0.3) is 5.91 Å². The van der Waals surface area contributed by atoms with Crippen LogP contribution < -0.4 is 15.0 Å². The molecule has 1 fully saturated rings. The van der Waals surface area contributed by atoms with Crippen LogP contribution in [0.3, 0.4) is 0 Å². The molecule has 2 heterocycles. The first-order valence-corrected chi connectivity index (χ1v) is 8.80. The number of nitrogens with one attached hydrogen (secondary N) is 1. The minimum atomic E-state index is -0.496. The van der Waals surface area contributed by atoms with Crippen LogP contribution >= 0.6 is 0 Å². The lowest BCUT2D eigenvalue weighted by atomic mass is 10.1. The second kappa shape index (κ2) is 9.15. The van der Waals surface area contributed by atoms with Crippen molar-refractivity contribution in [3.8, 4) is 5.75 Å².